The summed E-state index contributed by atoms with van der Waals surface area (Å²) in [6, 6.07) is 0. The van der Waals surface area contributed by atoms with Crippen molar-refractivity contribution >= 4 is 6.09 Å². The molecule has 5 saturated carbocycles. The minimum absolute atomic E-state index is 0.0695. The first kappa shape index (κ1) is 21.7. The molecule has 1 heterocycles. The highest BCUT2D eigenvalue weighted by Crippen LogP contribution is 2.87. The van der Waals surface area contributed by atoms with E-state index < -0.39 is 0 Å². The van der Waals surface area contributed by atoms with E-state index in [-0.39, 0.29) is 23.7 Å². The van der Waals surface area contributed by atoms with Gasteiger partial charge in [-0.25, -0.2) is 4.79 Å². The van der Waals surface area contributed by atoms with E-state index in [0.29, 0.717) is 40.7 Å². The Morgan fingerprint density at radius 2 is 1.78 bits per heavy atom. The molecule has 32 heavy (non-hydrogen) atoms. The van der Waals surface area contributed by atoms with E-state index in [0.717, 1.165) is 24.7 Å². The second kappa shape index (κ2) is 6.87. The highest BCUT2D eigenvalue weighted by Gasteiger charge is 2.80. The Balaban J connectivity index is 1.21. The quantitative estimate of drug-likeness (QED) is 0.634. The van der Waals surface area contributed by atoms with E-state index in [2.05, 4.69) is 26.1 Å². The third-order valence-electron chi connectivity index (χ3n) is 12.3. The molecule has 5 nitrogen and oxygen atoms in total. The number of ether oxygens (including phenoxy) is 2. The van der Waals surface area contributed by atoms with Crippen LogP contribution in [0.1, 0.15) is 85.0 Å². The standard InChI is InChI=1S/C27H43NO4/c1-24(2)21-8-7-17-19-13-20-18(6-5-16(32-20)14-28-23(30)31-4)25(19,3)11-12-26(17)15-27(21,26)10-9-22(24)29/h16-22,29H,5-15H2,1-4H3,(H,28,30)/t16?,17?,18?,19?,20?,21-,22-,25?,26-,27?/m0/s1. The van der Waals surface area contributed by atoms with Crippen LogP contribution in [0, 0.1) is 45.3 Å². The van der Waals surface area contributed by atoms with Gasteiger partial charge in [-0.1, -0.05) is 20.8 Å². The summed E-state index contributed by atoms with van der Waals surface area (Å²) in [5.74, 6) is 3.02. The molecule has 10 atom stereocenters. The van der Waals surface area contributed by atoms with E-state index >= 15 is 0 Å². The van der Waals surface area contributed by atoms with Gasteiger partial charge < -0.3 is 19.9 Å². The van der Waals surface area contributed by atoms with Crippen molar-refractivity contribution in [2.24, 2.45) is 45.3 Å². The summed E-state index contributed by atoms with van der Waals surface area (Å²) in [6.45, 7) is 7.86. The average Bonchev–Trinajstić information content (AvgIpc) is 3.35. The molecule has 5 aliphatic carbocycles. The van der Waals surface area contributed by atoms with Crippen LogP contribution in [0.4, 0.5) is 4.79 Å². The summed E-state index contributed by atoms with van der Waals surface area (Å²) in [5, 5.41) is 13.6. The first-order chi connectivity index (χ1) is 15.2. The Kier molecular flexibility index (Phi) is 4.66. The zero-order chi connectivity index (χ0) is 22.5. The molecule has 2 N–H and O–H groups in total. The van der Waals surface area contributed by atoms with Gasteiger partial charge in [0.15, 0.2) is 0 Å². The lowest BCUT2D eigenvalue weighted by atomic mass is 9.46. The van der Waals surface area contributed by atoms with Crippen LogP contribution >= 0.6 is 0 Å². The molecule has 0 aromatic rings. The van der Waals surface area contributed by atoms with Crippen molar-refractivity contribution < 1.29 is 19.4 Å². The van der Waals surface area contributed by atoms with Gasteiger partial charge in [0.25, 0.3) is 0 Å². The Morgan fingerprint density at radius 3 is 2.56 bits per heavy atom. The van der Waals surface area contributed by atoms with Crippen molar-refractivity contribution in [1.82, 2.24) is 5.32 Å². The van der Waals surface area contributed by atoms with E-state index in [1.165, 1.54) is 58.5 Å². The highest BCUT2D eigenvalue weighted by atomic mass is 16.5. The molecule has 1 aliphatic heterocycles. The van der Waals surface area contributed by atoms with Gasteiger partial charge in [0.05, 0.1) is 25.4 Å². The molecule has 0 aromatic carbocycles. The molecule has 6 fully saturated rings. The smallest absolute Gasteiger partial charge is 0.406 e. The van der Waals surface area contributed by atoms with Crippen LogP contribution in [-0.2, 0) is 9.47 Å². The van der Waals surface area contributed by atoms with Crippen LogP contribution in [0.15, 0.2) is 0 Å². The molecule has 0 aromatic heterocycles. The number of carbonyl (C=O) groups is 1. The topological polar surface area (TPSA) is 67.8 Å². The molecule has 1 saturated heterocycles. The van der Waals surface area contributed by atoms with Crippen LogP contribution < -0.4 is 5.32 Å². The van der Waals surface area contributed by atoms with Gasteiger partial charge in [-0.2, -0.15) is 0 Å². The predicted octanol–water partition coefficient (Wildman–Crippen LogP) is 4.91. The van der Waals surface area contributed by atoms with Gasteiger partial charge in [-0.3, -0.25) is 0 Å². The predicted molar refractivity (Wildman–Crippen MR) is 122 cm³/mol. The fraction of sp³-hybridized carbons (Fsp3) is 0.963. The summed E-state index contributed by atoms with van der Waals surface area (Å²) in [5.41, 5.74) is 1.56. The van der Waals surface area contributed by atoms with Crippen molar-refractivity contribution in [3.05, 3.63) is 0 Å². The Labute approximate surface area is 193 Å². The summed E-state index contributed by atoms with van der Waals surface area (Å²) >= 11 is 0. The lowest BCUT2D eigenvalue weighted by Gasteiger charge is -2.59. The first-order valence-electron chi connectivity index (χ1n) is 13.3. The Bertz CT molecular complexity index is 799. The van der Waals surface area contributed by atoms with Crippen LogP contribution in [0.3, 0.4) is 0 Å². The minimum Gasteiger partial charge on any atom is -0.453 e. The largest absolute Gasteiger partial charge is 0.453 e. The molecule has 6 aliphatic rings. The molecule has 2 spiro atoms. The summed E-state index contributed by atoms with van der Waals surface area (Å²) in [7, 11) is 1.42. The van der Waals surface area contributed by atoms with E-state index in [1.807, 2.05) is 0 Å². The van der Waals surface area contributed by atoms with E-state index in [9.17, 15) is 9.90 Å². The second-order valence-electron chi connectivity index (χ2n) is 13.3. The number of alkyl carbamates (subject to hydrolysis) is 1. The van der Waals surface area contributed by atoms with Gasteiger partial charge in [0, 0.05) is 6.54 Å². The maximum absolute atomic E-state index is 11.5. The number of nitrogens with one attached hydrogen (secondary N) is 1. The maximum atomic E-state index is 11.5. The third kappa shape index (κ3) is 2.61. The van der Waals surface area contributed by atoms with Crippen molar-refractivity contribution in [3.8, 4) is 0 Å². The van der Waals surface area contributed by atoms with Gasteiger partial charge in [-0.15, -0.1) is 0 Å². The van der Waals surface area contributed by atoms with Crippen LogP contribution in [-0.4, -0.2) is 43.2 Å². The van der Waals surface area contributed by atoms with Crippen molar-refractivity contribution in [2.45, 2.75) is 103 Å². The molecular weight excluding hydrogens is 402 g/mol. The SMILES string of the molecule is COC(=O)NCC1CCC2C(CC3C4CC[C@H]5C(C)(C)[C@@H](O)CCC56C[C@@]46CCC23C)O1. The number of fused-ring (bicyclic) bond motifs is 4. The van der Waals surface area contributed by atoms with Crippen LogP contribution in [0.5, 0.6) is 0 Å². The number of aliphatic hydroxyl groups is 1. The number of carbonyl (C=O) groups excluding carboxylic acids is 1. The summed E-state index contributed by atoms with van der Waals surface area (Å²) in [6.07, 6.45) is 12.6. The van der Waals surface area contributed by atoms with Gasteiger partial charge in [0.1, 0.15) is 0 Å². The molecule has 180 valence electrons. The Hall–Kier alpha value is -0.810. The molecule has 0 bridgehead atoms. The summed E-state index contributed by atoms with van der Waals surface area (Å²) < 4.78 is 11.4. The average molecular weight is 446 g/mol. The summed E-state index contributed by atoms with van der Waals surface area (Å²) in [4.78, 5) is 11.5. The monoisotopic (exact) mass is 445 g/mol. The highest BCUT2D eigenvalue weighted by molar-refractivity contribution is 5.66. The van der Waals surface area contributed by atoms with Gasteiger partial charge in [-0.05, 0) is 110 Å². The molecule has 7 unspecified atom stereocenters. The van der Waals surface area contributed by atoms with Gasteiger partial charge in [0.2, 0.25) is 0 Å². The number of rotatable bonds is 2. The van der Waals surface area contributed by atoms with Crippen molar-refractivity contribution in [3.63, 3.8) is 0 Å². The zero-order valence-corrected chi connectivity index (χ0v) is 20.5. The Morgan fingerprint density at radius 1 is 1.00 bits per heavy atom. The van der Waals surface area contributed by atoms with E-state index in [1.54, 1.807) is 0 Å². The lowest BCUT2D eigenvalue weighted by Crippen LogP contribution is -2.54. The number of aliphatic hydroxyl groups excluding tert-OH is 1. The van der Waals surface area contributed by atoms with Crippen molar-refractivity contribution in [1.29, 1.82) is 0 Å². The number of amides is 1. The zero-order valence-electron chi connectivity index (χ0n) is 20.5. The molecule has 6 rings (SSSR count). The van der Waals surface area contributed by atoms with Crippen LogP contribution in [0.2, 0.25) is 0 Å². The first-order valence-corrected chi connectivity index (χ1v) is 13.3. The number of hydrogen-bond acceptors (Lipinski definition) is 4. The third-order valence-corrected chi connectivity index (χ3v) is 12.3. The van der Waals surface area contributed by atoms with Crippen molar-refractivity contribution in [2.75, 3.05) is 13.7 Å². The molecule has 5 heteroatoms. The van der Waals surface area contributed by atoms with Gasteiger partial charge >= 0.3 is 6.09 Å². The van der Waals surface area contributed by atoms with Crippen LogP contribution in [0.25, 0.3) is 0 Å². The maximum Gasteiger partial charge on any atom is 0.406 e. The lowest BCUT2D eigenvalue weighted by molar-refractivity contribution is -0.134. The number of hydrogen-bond donors (Lipinski definition) is 2. The normalized spacial score (nSPS) is 54.8. The molecular formula is C27H43NO4. The second-order valence-corrected chi connectivity index (χ2v) is 13.3. The van der Waals surface area contributed by atoms with E-state index in [4.69, 9.17) is 9.47 Å². The fourth-order valence-corrected chi connectivity index (χ4v) is 10.7. The minimum atomic E-state index is -0.360. The molecule has 1 amide bonds. The fourth-order valence-electron chi connectivity index (χ4n) is 10.7. The number of methoxy groups -OCH3 is 1. The molecule has 0 radical (unpaired) electrons.